The van der Waals surface area contributed by atoms with Crippen LogP contribution in [-0.2, 0) is 9.59 Å². The average molecular weight is 272 g/mol. The van der Waals surface area contributed by atoms with E-state index in [-0.39, 0.29) is 30.8 Å². The normalized spacial score (nSPS) is 25.4. The predicted octanol–water partition coefficient (Wildman–Crippen LogP) is 0.0439. The zero-order valence-electron chi connectivity index (χ0n) is 11.8. The van der Waals surface area contributed by atoms with Gasteiger partial charge in [-0.25, -0.2) is 4.79 Å². The minimum absolute atomic E-state index is 0.0588. The molecule has 1 amide bonds. The van der Waals surface area contributed by atoms with E-state index >= 15 is 0 Å². The molecule has 6 nitrogen and oxygen atoms in total. The Labute approximate surface area is 113 Å². The third-order valence-corrected chi connectivity index (χ3v) is 3.34. The number of aliphatic hydroxyl groups excluding tert-OH is 1. The van der Waals surface area contributed by atoms with E-state index in [0.717, 1.165) is 0 Å². The third-order valence-electron chi connectivity index (χ3n) is 3.34. The van der Waals surface area contributed by atoms with Gasteiger partial charge in [-0.3, -0.25) is 4.79 Å². The zero-order valence-corrected chi connectivity index (χ0v) is 11.8. The fraction of sp³-hybridized carbons (Fsp3) is 0.846. The number of carbonyl (C=O) groups is 2. The van der Waals surface area contributed by atoms with E-state index in [9.17, 15) is 14.7 Å². The summed E-state index contributed by atoms with van der Waals surface area (Å²) >= 11 is 0. The highest BCUT2D eigenvalue weighted by molar-refractivity contribution is 5.86. The molecule has 1 aliphatic rings. The molecule has 1 aliphatic heterocycles. The second kappa shape index (κ2) is 5.88. The smallest absolute Gasteiger partial charge is 0.326 e. The van der Waals surface area contributed by atoms with Gasteiger partial charge in [0.25, 0.3) is 0 Å². The highest BCUT2D eigenvalue weighted by Gasteiger charge is 2.41. The molecule has 6 heteroatoms. The van der Waals surface area contributed by atoms with Crippen molar-refractivity contribution < 1.29 is 19.8 Å². The predicted molar refractivity (Wildman–Crippen MR) is 70.4 cm³/mol. The van der Waals surface area contributed by atoms with Crippen molar-refractivity contribution in [2.45, 2.75) is 45.8 Å². The van der Waals surface area contributed by atoms with Gasteiger partial charge in [0.2, 0.25) is 5.91 Å². The molecule has 1 fully saturated rings. The SMILES string of the molecule is CC(C)(C)CC(CN)C(=O)N1C[C@H](O)C[C@@H]1C(=O)O. The fourth-order valence-electron chi connectivity index (χ4n) is 2.54. The van der Waals surface area contributed by atoms with Crippen LogP contribution < -0.4 is 5.73 Å². The number of nitrogens with two attached hydrogens (primary N) is 1. The van der Waals surface area contributed by atoms with Crippen LogP contribution in [0.3, 0.4) is 0 Å². The summed E-state index contributed by atoms with van der Waals surface area (Å²) in [6, 6.07) is -0.934. The monoisotopic (exact) mass is 272 g/mol. The van der Waals surface area contributed by atoms with E-state index in [2.05, 4.69) is 0 Å². The Balaban J connectivity index is 2.81. The first kappa shape index (κ1) is 15.9. The number of likely N-dealkylation sites (tertiary alicyclic amines) is 1. The maximum absolute atomic E-state index is 12.4. The Bertz CT molecular complexity index is 351. The third kappa shape index (κ3) is 4.18. The van der Waals surface area contributed by atoms with Crippen LogP contribution in [-0.4, -0.2) is 52.2 Å². The maximum atomic E-state index is 12.4. The van der Waals surface area contributed by atoms with Crippen LogP contribution in [0.15, 0.2) is 0 Å². The number of rotatable bonds is 4. The molecule has 0 bridgehead atoms. The molecule has 1 unspecified atom stereocenters. The van der Waals surface area contributed by atoms with Gasteiger partial charge in [-0.1, -0.05) is 20.8 Å². The molecule has 0 saturated carbocycles. The van der Waals surface area contributed by atoms with E-state index in [4.69, 9.17) is 10.8 Å². The second-order valence-corrected chi connectivity index (χ2v) is 6.43. The van der Waals surface area contributed by atoms with Crippen LogP contribution in [0.5, 0.6) is 0 Å². The molecule has 3 atom stereocenters. The lowest BCUT2D eigenvalue weighted by molar-refractivity contribution is -0.150. The number of carboxylic acid groups (broad SMARTS) is 1. The molecule has 1 saturated heterocycles. The number of hydrogen-bond acceptors (Lipinski definition) is 4. The summed E-state index contributed by atoms with van der Waals surface area (Å²) in [5.74, 6) is -1.73. The van der Waals surface area contributed by atoms with E-state index < -0.39 is 24.0 Å². The van der Waals surface area contributed by atoms with Gasteiger partial charge in [0, 0.05) is 19.5 Å². The summed E-state index contributed by atoms with van der Waals surface area (Å²) in [5, 5.41) is 18.7. The lowest BCUT2D eigenvalue weighted by Crippen LogP contribution is -2.46. The van der Waals surface area contributed by atoms with Crippen molar-refractivity contribution in [1.82, 2.24) is 4.90 Å². The van der Waals surface area contributed by atoms with Gasteiger partial charge in [0.1, 0.15) is 6.04 Å². The van der Waals surface area contributed by atoms with Gasteiger partial charge in [0.05, 0.1) is 12.0 Å². The number of β-amino-alcohol motifs (C(OH)–C–C–N with tert-alkyl or cyclic N) is 1. The van der Waals surface area contributed by atoms with E-state index in [1.54, 1.807) is 0 Å². The van der Waals surface area contributed by atoms with Crippen LogP contribution >= 0.6 is 0 Å². The van der Waals surface area contributed by atoms with Crippen molar-refractivity contribution in [3.8, 4) is 0 Å². The van der Waals surface area contributed by atoms with E-state index in [1.807, 2.05) is 20.8 Å². The number of nitrogens with zero attached hydrogens (tertiary/aromatic N) is 1. The second-order valence-electron chi connectivity index (χ2n) is 6.43. The Morgan fingerprint density at radius 3 is 2.42 bits per heavy atom. The number of aliphatic carboxylic acids is 1. The van der Waals surface area contributed by atoms with Gasteiger partial charge in [-0.15, -0.1) is 0 Å². The van der Waals surface area contributed by atoms with Crippen LogP contribution in [0, 0.1) is 11.3 Å². The minimum Gasteiger partial charge on any atom is -0.480 e. The lowest BCUT2D eigenvalue weighted by Gasteiger charge is -2.29. The Hall–Kier alpha value is -1.14. The summed E-state index contributed by atoms with van der Waals surface area (Å²) in [5.41, 5.74) is 5.59. The molecular formula is C13H24N2O4. The van der Waals surface area contributed by atoms with Crippen molar-refractivity contribution >= 4 is 11.9 Å². The molecule has 0 aromatic carbocycles. The van der Waals surface area contributed by atoms with Gasteiger partial charge in [0.15, 0.2) is 0 Å². The molecular weight excluding hydrogens is 248 g/mol. The summed E-state index contributed by atoms with van der Waals surface area (Å²) in [6.45, 7) is 6.30. The zero-order chi connectivity index (χ0) is 14.8. The molecule has 19 heavy (non-hydrogen) atoms. The number of aliphatic hydroxyl groups is 1. The fourth-order valence-corrected chi connectivity index (χ4v) is 2.54. The standard InChI is InChI=1S/C13H24N2O4/c1-13(2,3)5-8(6-14)11(17)15-7-9(16)4-10(15)12(18)19/h8-10,16H,4-7,14H2,1-3H3,(H,18,19)/t8?,9-,10-/m1/s1. The maximum Gasteiger partial charge on any atom is 0.326 e. The number of carboxylic acids is 1. The first-order chi connectivity index (χ1) is 8.65. The largest absolute Gasteiger partial charge is 0.480 e. The molecule has 1 rings (SSSR count). The molecule has 4 N–H and O–H groups in total. The van der Waals surface area contributed by atoms with Crippen molar-refractivity contribution in [3.63, 3.8) is 0 Å². The molecule has 0 aliphatic carbocycles. The molecule has 1 heterocycles. The van der Waals surface area contributed by atoms with Gasteiger partial charge < -0.3 is 20.8 Å². The Kier molecular flexibility index (Phi) is 4.92. The van der Waals surface area contributed by atoms with Crippen LogP contribution in [0.25, 0.3) is 0 Å². The summed E-state index contributed by atoms with van der Waals surface area (Å²) < 4.78 is 0. The van der Waals surface area contributed by atoms with Gasteiger partial charge in [-0.2, -0.15) is 0 Å². The summed E-state index contributed by atoms with van der Waals surface area (Å²) in [7, 11) is 0. The minimum atomic E-state index is -1.07. The highest BCUT2D eigenvalue weighted by atomic mass is 16.4. The highest BCUT2D eigenvalue weighted by Crippen LogP contribution is 2.28. The first-order valence-corrected chi connectivity index (χ1v) is 6.57. The molecule has 0 aromatic rings. The van der Waals surface area contributed by atoms with Gasteiger partial charge >= 0.3 is 5.97 Å². The Morgan fingerprint density at radius 1 is 1.42 bits per heavy atom. The van der Waals surface area contributed by atoms with Crippen molar-refractivity contribution in [3.05, 3.63) is 0 Å². The summed E-state index contributed by atoms with van der Waals surface area (Å²) in [6.07, 6.45) is -0.0760. The van der Waals surface area contributed by atoms with Crippen LogP contribution in [0.4, 0.5) is 0 Å². The first-order valence-electron chi connectivity index (χ1n) is 6.57. The average Bonchev–Trinajstić information content (AvgIpc) is 2.66. The number of amides is 1. The van der Waals surface area contributed by atoms with E-state index in [0.29, 0.717) is 6.42 Å². The van der Waals surface area contributed by atoms with Crippen LogP contribution in [0.1, 0.15) is 33.6 Å². The molecule has 0 radical (unpaired) electrons. The number of carbonyl (C=O) groups excluding carboxylic acids is 1. The van der Waals surface area contributed by atoms with Crippen molar-refractivity contribution in [2.24, 2.45) is 17.1 Å². The molecule has 0 spiro atoms. The lowest BCUT2D eigenvalue weighted by atomic mass is 9.84. The number of hydrogen-bond donors (Lipinski definition) is 3. The summed E-state index contributed by atoms with van der Waals surface area (Å²) in [4.78, 5) is 24.8. The quantitative estimate of drug-likeness (QED) is 0.670. The Morgan fingerprint density at radius 2 is 2.00 bits per heavy atom. The van der Waals surface area contributed by atoms with Gasteiger partial charge in [-0.05, 0) is 11.8 Å². The van der Waals surface area contributed by atoms with Crippen LogP contribution in [0.2, 0.25) is 0 Å². The molecule has 0 aromatic heterocycles. The topological polar surface area (TPSA) is 104 Å². The van der Waals surface area contributed by atoms with E-state index in [1.165, 1.54) is 4.90 Å². The van der Waals surface area contributed by atoms with Crippen molar-refractivity contribution in [1.29, 1.82) is 0 Å². The molecule has 110 valence electrons. The van der Waals surface area contributed by atoms with Crippen molar-refractivity contribution in [2.75, 3.05) is 13.1 Å².